The van der Waals surface area contributed by atoms with Crippen LogP contribution in [-0.2, 0) is 19.6 Å². The van der Waals surface area contributed by atoms with E-state index in [2.05, 4.69) is 32.5 Å². The highest BCUT2D eigenvalue weighted by Gasteiger charge is 2.03. The molecule has 0 fully saturated rings. The summed E-state index contributed by atoms with van der Waals surface area (Å²) in [6.45, 7) is 1.12. The Morgan fingerprint density at radius 1 is 1.00 bits per heavy atom. The third-order valence-corrected chi connectivity index (χ3v) is 4.31. The van der Waals surface area contributed by atoms with Crippen LogP contribution < -0.4 is 4.74 Å². The predicted octanol–water partition coefficient (Wildman–Crippen LogP) is 4.04. The number of aryl methyl sites for hydroxylation is 2. The molecule has 0 aliphatic carbocycles. The van der Waals surface area contributed by atoms with Crippen molar-refractivity contribution in [1.82, 2.24) is 25.2 Å². The van der Waals surface area contributed by atoms with Gasteiger partial charge in [-0.3, -0.25) is 0 Å². The largest absolute Gasteiger partial charge is 0.487 e. The minimum Gasteiger partial charge on any atom is -0.487 e. The zero-order valence-electron chi connectivity index (χ0n) is 15.9. The molecule has 0 spiro atoms. The summed E-state index contributed by atoms with van der Waals surface area (Å²) in [6.07, 6.45) is 8.79. The molecule has 2 aromatic carbocycles. The van der Waals surface area contributed by atoms with Crippen LogP contribution in [0.5, 0.6) is 5.75 Å². The van der Waals surface area contributed by atoms with Crippen LogP contribution in [-0.4, -0.2) is 25.2 Å². The second kappa shape index (κ2) is 9.45. The molecule has 0 radical (unpaired) electrons. The average Bonchev–Trinajstić information content (AvgIpc) is 3.45. The molecule has 7 nitrogen and oxygen atoms in total. The Kier molecular flexibility index (Phi) is 6.07. The van der Waals surface area contributed by atoms with E-state index in [9.17, 15) is 0 Å². The second-order valence-corrected chi connectivity index (χ2v) is 6.49. The first-order chi connectivity index (χ1) is 14.3. The van der Waals surface area contributed by atoms with Crippen LogP contribution in [0.3, 0.4) is 0 Å². The fraction of sp³-hybridized carbons (Fsp3) is 0.182. The number of oxazole rings is 1. The summed E-state index contributed by atoms with van der Waals surface area (Å²) in [7, 11) is 0. The van der Waals surface area contributed by atoms with E-state index < -0.39 is 0 Å². The van der Waals surface area contributed by atoms with Crippen molar-refractivity contribution in [2.75, 3.05) is 0 Å². The highest BCUT2D eigenvalue weighted by Crippen LogP contribution is 2.16. The number of ether oxygens (including phenoxy) is 1. The number of hydrogen-bond donors (Lipinski definition) is 0. The average molecular weight is 387 g/mol. The number of rotatable bonds is 9. The molecule has 2 heterocycles. The van der Waals surface area contributed by atoms with Crippen molar-refractivity contribution in [1.29, 1.82) is 0 Å². The maximum absolute atomic E-state index is 5.81. The molecule has 0 bridgehead atoms. The van der Waals surface area contributed by atoms with Gasteiger partial charge in [0.1, 0.15) is 24.3 Å². The van der Waals surface area contributed by atoms with Gasteiger partial charge in [-0.05, 0) is 47.4 Å². The molecule has 0 amide bonds. The summed E-state index contributed by atoms with van der Waals surface area (Å²) in [4.78, 5) is 6.02. The summed E-state index contributed by atoms with van der Waals surface area (Å²) >= 11 is 0. The molecule has 7 heteroatoms. The third kappa shape index (κ3) is 5.62. The van der Waals surface area contributed by atoms with E-state index in [1.165, 1.54) is 11.9 Å². The Balaban J connectivity index is 1.24. The summed E-state index contributed by atoms with van der Waals surface area (Å²) in [6, 6.07) is 18.1. The predicted molar refractivity (Wildman–Crippen MR) is 109 cm³/mol. The maximum atomic E-state index is 5.81. The van der Waals surface area contributed by atoms with Crippen molar-refractivity contribution in [2.24, 2.45) is 0 Å². The highest BCUT2D eigenvalue weighted by atomic mass is 16.5. The molecule has 4 aromatic rings. The standard InChI is InChI=1S/C22H21N5O2/c1-2-5-18(6-3-1)10-13-22-25-20(16-29-22)15-28-21-11-8-19(9-12-21)7-4-14-27-24-17-23-26-27/h1-3,5-6,8-13,16-17H,4,7,14-15H2. The molecular weight excluding hydrogens is 366 g/mol. The zero-order chi connectivity index (χ0) is 19.7. The van der Waals surface area contributed by atoms with Gasteiger partial charge in [0.2, 0.25) is 5.89 Å². The molecule has 2 aromatic heterocycles. The van der Waals surface area contributed by atoms with E-state index >= 15 is 0 Å². The van der Waals surface area contributed by atoms with Gasteiger partial charge in [-0.25, -0.2) is 4.98 Å². The molecule has 0 aliphatic rings. The van der Waals surface area contributed by atoms with Crippen LogP contribution in [0.2, 0.25) is 0 Å². The fourth-order valence-electron chi connectivity index (χ4n) is 2.82. The first-order valence-corrected chi connectivity index (χ1v) is 9.45. The highest BCUT2D eigenvalue weighted by molar-refractivity contribution is 5.65. The molecule has 0 saturated heterocycles. The van der Waals surface area contributed by atoms with Gasteiger partial charge in [0, 0.05) is 6.08 Å². The first-order valence-electron chi connectivity index (χ1n) is 9.45. The van der Waals surface area contributed by atoms with Crippen molar-refractivity contribution >= 4 is 12.2 Å². The topological polar surface area (TPSA) is 78.9 Å². The lowest BCUT2D eigenvalue weighted by Gasteiger charge is -2.05. The van der Waals surface area contributed by atoms with Crippen LogP contribution in [0, 0.1) is 0 Å². The van der Waals surface area contributed by atoms with Crippen molar-refractivity contribution in [2.45, 2.75) is 26.0 Å². The quantitative estimate of drug-likeness (QED) is 0.431. The van der Waals surface area contributed by atoms with Crippen LogP contribution >= 0.6 is 0 Å². The van der Waals surface area contributed by atoms with E-state index in [0.29, 0.717) is 12.5 Å². The van der Waals surface area contributed by atoms with E-state index in [-0.39, 0.29) is 0 Å². The van der Waals surface area contributed by atoms with E-state index in [1.807, 2.05) is 54.6 Å². The smallest absolute Gasteiger partial charge is 0.218 e. The molecule has 0 N–H and O–H groups in total. The van der Waals surface area contributed by atoms with E-state index in [1.54, 1.807) is 11.1 Å². The van der Waals surface area contributed by atoms with Crippen LogP contribution in [0.25, 0.3) is 12.2 Å². The molecule has 29 heavy (non-hydrogen) atoms. The Labute approximate surface area is 168 Å². The summed E-state index contributed by atoms with van der Waals surface area (Å²) in [5.41, 5.74) is 3.09. The molecule has 0 saturated carbocycles. The van der Waals surface area contributed by atoms with Crippen molar-refractivity contribution in [3.63, 3.8) is 0 Å². The van der Waals surface area contributed by atoms with Crippen LogP contribution in [0.4, 0.5) is 0 Å². The summed E-state index contributed by atoms with van der Waals surface area (Å²) in [5.74, 6) is 1.36. The lowest BCUT2D eigenvalue weighted by molar-refractivity contribution is 0.301. The monoisotopic (exact) mass is 387 g/mol. The van der Waals surface area contributed by atoms with E-state index in [4.69, 9.17) is 9.15 Å². The first kappa shape index (κ1) is 18.6. The Bertz CT molecular complexity index is 1020. The minimum atomic E-state index is 0.361. The van der Waals surface area contributed by atoms with Gasteiger partial charge in [0.05, 0.1) is 6.54 Å². The van der Waals surface area contributed by atoms with Crippen molar-refractivity contribution < 1.29 is 9.15 Å². The van der Waals surface area contributed by atoms with Gasteiger partial charge in [-0.2, -0.15) is 4.80 Å². The zero-order valence-corrected chi connectivity index (χ0v) is 15.9. The fourth-order valence-corrected chi connectivity index (χ4v) is 2.82. The Morgan fingerprint density at radius 2 is 1.86 bits per heavy atom. The van der Waals surface area contributed by atoms with Gasteiger partial charge in [0.25, 0.3) is 0 Å². The Morgan fingerprint density at radius 3 is 2.66 bits per heavy atom. The SMILES string of the molecule is C(=Cc1nc(COc2ccc(CCCn3ncnn3)cc2)co1)c1ccccc1. The Hall–Kier alpha value is -3.74. The molecule has 146 valence electrons. The molecule has 0 unspecified atom stereocenters. The van der Waals surface area contributed by atoms with Gasteiger partial charge < -0.3 is 9.15 Å². The lowest BCUT2D eigenvalue weighted by atomic mass is 10.1. The normalized spacial score (nSPS) is 11.2. The number of nitrogens with zero attached hydrogens (tertiary/aromatic N) is 5. The molecule has 0 aliphatic heterocycles. The van der Waals surface area contributed by atoms with Crippen LogP contribution in [0.15, 0.2) is 71.6 Å². The maximum Gasteiger partial charge on any atom is 0.218 e. The summed E-state index contributed by atoms with van der Waals surface area (Å²) in [5, 5.41) is 11.6. The molecular formula is C22H21N5O2. The number of benzene rings is 2. The van der Waals surface area contributed by atoms with E-state index in [0.717, 1.165) is 36.4 Å². The van der Waals surface area contributed by atoms with Gasteiger partial charge in [-0.1, -0.05) is 42.5 Å². The number of tetrazole rings is 1. The van der Waals surface area contributed by atoms with Gasteiger partial charge >= 0.3 is 0 Å². The molecule has 4 rings (SSSR count). The summed E-state index contributed by atoms with van der Waals surface area (Å²) < 4.78 is 11.3. The van der Waals surface area contributed by atoms with Crippen molar-refractivity contribution in [3.05, 3.63) is 89.9 Å². The second-order valence-electron chi connectivity index (χ2n) is 6.49. The third-order valence-electron chi connectivity index (χ3n) is 4.31. The molecule has 0 atom stereocenters. The van der Waals surface area contributed by atoms with Gasteiger partial charge in [-0.15, -0.1) is 10.2 Å². The number of aromatic nitrogens is 5. The van der Waals surface area contributed by atoms with Gasteiger partial charge in [0.15, 0.2) is 6.33 Å². The minimum absolute atomic E-state index is 0.361. The van der Waals surface area contributed by atoms with Crippen molar-refractivity contribution in [3.8, 4) is 5.75 Å². The lowest BCUT2D eigenvalue weighted by Crippen LogP contribution is -2.03. The number of hydrogen-bond acceptors (Lipinski definition) is 6. The van der Waals surface area contributed by atoms with Crippen LogP contribution in [0.1, 0.15) is 29.1 Å².